The van der Waals surface area contributed by atoms with E-state index in [1.807, 2.05) is 44.2 Å². The van der Waals surface area contributed by atoms with Crippen molar-refractivity contribution in [2.24, 2.45) is 17.8 Å². The van der Waals surface area contributed by atoms with Crippen LogP contribution in [0.2, 0.25) is 0 Å². The number of carbonyl (C=O) groups is 1. The summed E-state index contributed by atoms with van der Waals surface area (Å²) in [5, 5.41) is 14.4. The van der Waals surface area contributed by atoms with Gasteiger partial charge in [0.15, 0.2) is 6.29 Å². The highest BCUT2D eigenvalue weighted by Crippen LogP contribution is 2.37. The lowest BCUT2D eigenvalue weighted by molar-refractivity contribution is -0.124. The lowest BCUT2D eigenvalue weighted by Gasteiger charge is -2.31. The highest BCUT2D eigenvalue weighted by Gasteiger charge is 2.42. The van der Waals surface area contributed by atoms with E-state index in [-0.39, 0.29) is 54.4 Å². The summed E-state index contributed by atoms with van der Waals surface area (Å²) >= 11 is 0. The first kappa shape index (κ1) is 29.5. The molecule has 2 saturated heterocycles. The first-order chi connectivity index (χ1) is 18.7. The molecule has 4 rings (SSSR count). The molecule has 0 saturated carbocycles. The molecule has 39 heavy (non-hydrogen) atoms. The Morgan fingerprint density at radius 3 is 2.49 bits per heavy atom. The Bertz CT molecular complexity index is 1170. The zero-order valence-corrected chi connectivity index (χ0v) is 23.7. The van der Waals surface area contributed by atoms with Gasteiger partial charge < -0.3 is 24.6 Å². The zero-order valence-electron chi connectivity index (χ0n) is 22.9. The molecule has 2 aliphatic rings. The van der Waals surface area contributed by atoms with Crippen molar-refractivity contribution in [1.82, 2.24) is 9.62 Å². The first-order valence-corrected chi connectivity index (χ1v) is 15.0. The van der Waals surface area contributed by atoms with Gasteiger partial charge >= 0.3 is 0 Å². The van der Waals surface area contributed by atoms with Gasteiger partial charge in [0.2, 0.25) is 15.9 Å². The number of nitrogens with zero attached hydrogens (tertiary/aromatic N) is 1. The van der Waals surface area contributed by atoms with E-state index in [9.17, 15) is 18.3 Å². The number of carbonyl (C=O) groups excluding carboxylic acids is 1. The van der Waals surface area contributed by atoms with Crippen molar-refractivity contribution in [2.75, 3.05) is 33.4 Å². The number of aliphatic hydroxyl groups excluding tert-OH is 1. The summed E-state index contributed by atoms with van der Waals surface area (Å²) in [5.41, 5.74) is 0.934. The van der Waals surface area contributed by atoms with Crippen LogP contribution >= 0.6 is 0 Å². The zero-order chi connectivity index (χ0) is 28.0. The fourth-order valence-corrected chi connectivity index (χ4v) is 6.95. The molecule has 214 valence electrons. The summed E-state index contributed by atoms with van der Waals surface area (Å²) in [5.74, 6) is 0.642. The number of hydrogen-bond donors (Lipinski definition) is 2. The minimum atomic E-state index is -3.90. The van der Waals surface area contributed by atoms with Gasteiger partial charge in [-0.2, -0.15) is 4.31 Å². The van der Waals surface area contributed by atoms with E-state index < -0.39 is 22.2 Å². The fraction of sp³-hybridized carbons (Fsp3) is 0.552. The van der Waals surface area contributed by atoms with Crippen molar-refractivity contribution in [1.29, 1.82) is 0 Å². The Morgan fingerprint density at radius 1 is 1.10 bits per heavy atom. The SMILES string of the molecule is COc1ccc(S(=O)(=O)N(CC(C)C)C[C@@H](O)[C@@H](Cc2ccccc2)NC(=O)C[C@H]2CO[C@H]3OCC[C@@H]23)cc1. The third-order valence-electron chi connectivity index (χ3n) is 7.38. The van der Waals surface area contributed by atoms with Gasteiger partial charge in [0.25, 0.3) is 0 Å². The van der Waals surface area contributed by atoms with E-state index in [0.717, 1.165) is 12.0 Å². The van der Waals surface area contributed by atoms with E-state index in [1.165, 1.54) is 23.5 Å². The maximum atomic E-state index is 13.6. The third-order valence-corrected chi connectivity index (χ3v) is 9.22. The topological polar surface area (TPSA) is 114 Å². The van der Waals surface area contributed by atoms with Crippen molar-refractivity contribution < 1.29 is 32.5 Å². The highest BCUT2D eigenvalue weighted by atomic mass is 32.2. The Labute approximate surface area is 231 Å². The summed E-state index contributed by atoms with van der Waals surface area (Å²) in [4.78, 5) is 13.3. The van der Waals surface area contributed by atoms with Crippen LogP contribution in [0.25, 0.3) is 0 Å². The minimum absolute atomic E-state index is 0.0244. The van der Waals surface area contributed by atoms with Crippen LogP contribution < -0.4 is 10.1 Å². The fourth-order valence-electron chi connectivity index (χ4n) is 5.33. The van der Waals surface area contributed by atoms with E-state index in [0.29, 0.717) is 25.4 Å². The van der Waals surface area contributed by atoms with Crippen LogP contribution in [0.15, 0.2) is 59.5 Å². The standard InChI is InChI=1S/C29H40N2O7S/c1-20(2)17-31(39(34,35)24-11-9-23(36-3)10-12-24)18-27(32)26(15-21-7-5-4-6-8-21)30-28(33)16-22-19-38-29-25(22)13-14-37-29/h4-12,20,22,25-27,29,32H,13-19H2,1-3H3,(H,30,33)/t22-,25-,26+,27+,29+/m0/s1. The molecule has 2 aromatic rings. The molecule has 0 aliphatic carbocycles. The molecular weight excluding hydrogens is 520 g/mol. The average Bonchev–Trinajstić information content (AvgIpc) is 3.53. The lowest BCUT2D eigenvalue weighted by Crippen LogP contribution is -2.51. The number of amides is 1. The van der Waals surface area contributed by atoms with Crippen molar-refractivity contribution in [3.05, 3.63) is 60.2 Å². The van der Waals surface area contributed by atoms with Gasteiger partial charge in [0, 0.05) is 25.4 Å². The molecule has 9 nitrogen and oxygen atoms in total. The molecule has 5 atom stereocenters. The number of nitrogens with one attached hydrogen (secondary N) is 1. The minimum Gasteiger partial charge on any atom is -0.497 e. The Kier molecular flexibility index (Phi) is 10.0. The average molecular weight is 561 g/mol. The molecule has 0 bridgehead atoms. The maximum absolute atomic E-state index is 13.6. The molecule has 0 spiro atoms. The molecular formula is C29H40N2O7S. The van der Waals surface area contributed by atoms with Gasteiger partial charge in [-0.25, -0.2) is 8.42 Å². The number of rotatable bonds is 13. The molecule has 2 aromatic carbocycles. The van der Waals surface area contributed by atoms with Gasteiger partial charge in [-0.1, -0.05) is 44.2 Å². The quantitative estimate of drug-likeness (QED) is 0.387. The molecule has 10 heteroatoms. The van der Waals surface area contributed by atoms with Gasteiger partial charge in [0.05, 0.1) is 37.4 Å². The van der Waals surface area contributed by atoms with Crippen molar-refractivity contribution >= 4 is 15.9 Å². The van der Waals surface area contributed by atoms with E-state index >= 15 is 0 Å². The van der Waals surface area contributed by atoms with Crippen molar-refractivity contribution in [2.45, 2.75) is 56.4 Å². The third kappa shape index (κ3) is 7.58. The number of aliphatic hydroxyl groups is 1. The first-order valence-electron chi connectivity index (χ1n) is 13.6. The summed E-state index contributed by atoms with van der Waals surface area (Å²) < 4.78 is 44.9. The summed E-state index contributed by atoms with van der Waals surface area (Å²) in [6.45, 7) is 5.02. The Balaban J connectivity index is 1.51. The monoisotopic (exact) mass is 560 g/mol. The predicted octanol–water partition coefficient (Wildman–Crippen LogP) is 2.83. The molecule has 2 aliphatic heterocycles. The van der Waals surface area contributed by atoms with Crippen LogP contribution in [0.5, 0.6) is 5.75 Å². The largest absolute Gasteiger partial charge is 0.497 e. The van der Waals surface area contributed by atoms with E-state index in [1.54, 1.807) is 12.1 Å². The van der Waals surface area contributed by atoms with Gasteiger partial charge in [0.1, 0.15) is 5.75 Å². The summed E-state index contributed by atoms with van der Waals surface area (Å²) in [7, 11) is -2.39. The van der Waals surface area contributed by atoms with E-state index in [2.05, 4.69) is 5.32 Å². The van der Waals surface area contributed by atoms with Crippen LogP contribution in [0.1, 0.15) is 32.3 Å². The number of hydrogen-bond acceptors (Lipinski definition) is 7. The lowest BCUT2D eigenvalue weighted by atomic mass is 9.90. The summed E-state index contributed by atoms with van der Waals surface area (Å²) in [6, 6.07) is 15.1. The Morgan fingerprint density at radius 2 is 1.82 bits per heavy atom. The highest BCUT2D eigenvalue weighted by molar-refractivity contribution is 7.89. The number of benzene rings is 2. The number of ether oxygens (including phenoxy) is 3. The predicted molar refractivity (Wildman–Crippen MR) is 147 cm³/mol. The second kappa shape index (κ2) is 13.2. The molecule has 0 aromatic heterocycles. The number of methoxy groups -OCH3 is 1. The van der Waals surface area contributed by atoms with Gasteiger partial charge in [-0.05, 0) is 54.5 Å². The Hall–Kier alpha value is -2.50. The van der Waals surface area contributed by atoms with Gasteiger partial charge in [-0.15, -0.1) is 0 Å². The van der Waals surface area contributed by atoms with Crippen molar-refractivity contribution in [3.63, 3.8) is 0 Å². The molecule has 0 radical (unpaired) electrons. The molecule has 1 amide bonds. The van der Waals surface area contributed by atoms with Crippen LogP contribution in [0, 0.1) is 17.8 Å². The normalized spacial score (nSPS) is 22.6. The molecule has 0 unspecified atom stereocenters. The van der Waals surface area contributed by atoms with Crippen molar-refractivity contribution in [3.8, 4) is 5.75 Å². The second-order valence-corrected chi connectivity index (χ2v) is 12.7. The molecule has 2 N–H and O–H groups in total. The van der Waals surface area contributed by atoms with Crippen LogP contribution in [0.3, 0.4) is 0 Å². The smallest absolute Gasteiger partial charge is 0.243 e. The van der Waals surface area contributed by atoms with E-state index in [4.69, 9.17) is 14.2 Å². The van der Waals surface area contributed by atoms with Crippen LogP contribution in [-0.2, 0) is 30.7 Å². The van der Waals surface area contributed by atoms with Crippen LogP contribution in [-0.4, -0.2) is 75.6 Å². The molecule has 2 heterocycles. The summed E-state index contributed by atoms with van der Waals surface area (Å²) in [6.07, 6.45) is 0.126. The maximum Gasteiger partial charge on any atom is 0.243 e. The second-order valence-electron chi connectivity index (χ2n) is 10.8. The van der Waals surface area contributed by atoms with Gasteiger partial charge in [-0.3, -0.25) is 4.79 Å². The number of fused-ring (bicyclic) bond motifs is 1. The number of sulfonamides is 1. The molecule has 2 fully saturated rings. The van der Waals surface area contributed by atoms with Crippen LogP contribution in [0.4, 0.5) is 0 Å².